The molecule has 0 bridgehead atoms. The minimum Gasteiger partial charge on any atom is -0.443 e. The molecule has 1 saturated heterocycles. The van der Waals surface area contributed by atoms with Crippen molar-refractivity contribution < 1.29 is 9.53 Å². The van der Waals surface area contributed by atoms with Crippen LogP contribution in [-0.4, -0.2) is 25.3 Å². The Morgan fingerprint density at radius 3 is 2.76 bits per heavy atom. The molecule has 2 atom stereocenters. The van der Waals surface area contributed by atoms with Crippen molar-refractivity contribution in [2.45, 2.75) is 26.0 Å². The van der Waals surface area contributed by atoms with Crippen LogP contribution in [0.4, 0.5) is 4.79 Å². The van der Waals surface area contributed by atoms with E-state index < -0.39 is 0 Å². The van der Waals surface area contributed by atoms with Crippen molar-refractivity contribution >= 4 is 6.09 Å². The first-order chi connectivity index (χ1) is 8.15. The standard InChI is InChI=1S/C13H18N2O2/c1-9-3-5-11(6-4-9)10(2)14-7-12-8-15-13(16)17-12/h3-6,10,12,14H,7-8H2,1-2H3,(H,15,16)/t10-,12+/m0/s1. The van der Waals surface area contributed by atoms with Gasteiger partial charge in [0.1, 0.15) is 6.10 Å². The molecule has 4 heteroatoms. The van der Waals surface area contributed by atoms with Crippen molar-refractivity contribution in [1.29, 1.82) is 0 Å². The lowest BCUT2D eigenvalue weighted by molar-refractivity contribution is 0.138. The first-order valence-corrected chi connectivity index (χ1v) is 5.89. The molecule has 0 aromatic heterocycles. The van der Waals surface area contributed by atoms with Crippen LogP contribution in [0.25, 0.3) is 0 Å². The van der Waals surface area contributed by atoms with E-state index in [2.05, 4.69) is 48.7 Å². The van der Waals surface area contributed by atoms with E-state index in [1.54, 1.807) is 0 Å². The van der Waals surface area contributed by atoms with Gasteiger partial charge in [-0.1, -0.05) is 29.8 Å². The van der Waals surface area contributed by atoms with Crippen molar-refractivity contribution in [1.82, 2.24) is 10.6 Å². The Labute approximate surface area is 101 Å². The molecule has 2 N–H and O–H groups in total. The van der Waals surface area contributed by atoms with E-state index in [-0.39, 0.29) is 18.2 Å². The summed E-state index contributed by atoms with van der Waals surface area (Å²) in [6.45, 7) is 5.45. The molecule has 1 aliphatic heterocycles. The van der Waals surface area contributed by atoms with Gasteiger partial charge in [-0.05, 0) is 19.4 Å². The van der Waals surface area contributed by atoms with Gasteiger partial charge in [0.2, 0.25) is 0 Å². The quantitative estimate of drug-likeness (QED) is 0.834. The number of amides is 1. The average molecular weight is 234 g/mol. The number of alkyl carbamates (subject to hydrolysis) is 1. The fraction of sp³-hybridized carbons (Fsp3) is 0.462. The lowest BCUT2D eigenvalue weighted by atomic mass is 10.1. The van der Waals surface area contributed by atoms with Gasteiger partial charge in [-0.3, -0.25) is 0 Å². The van der Waals surface area contributed by atoms with Gasteiger partial charge in [0, 0.05) is 12.6 Å². The zero-order valence-corrected chi connectivity index (χ0v) is 10.2. The summed E-state index contributed by atoms with van der Waals surface area (Å²) < 4.78 is 5.05. The van der Waals surface area contributed by atoms with Crippen LogP contribution in [-0.2, 0) is 4.74 Å². The molecule has 1 aliphatic rings. The highest BCUT2D eigenvalue weighted by atomic mass is 16.6. The predicted octanol–water partition coefficient (Wildman–Crippen LogP) is 1.75. The van der Waals surface area contributed by atoms with Crippen LogP contribution in [0.2, 0.25) is 0 Å². The van der Waals surface area contributed by atoms with Crippen molar-refractivity contribution in [2.75, 3.05) is 13.1 Å². The highest BCUT2D eigenvalue weighted by molar-refractivity contribution is 5.69. The summed E-state index contributed by atoms with van der Waals surface area (Å²) in [5.74, 6) is 0. The third-order valence-corrected chi connectivity index (χ3v) is 2.98. The van der Waals surface area contributed by atoms with Crippen LogP contribution in [0.15, 0.2) is 24.3 Å². The fourth-order valence-electron chi connectivity index (χ4n) is 1.83. The molecule has 0 saturated carbocycles. The minimum atomic E-state index is -0.320. The number of benzene rings is 1. The van der Waals surface area contributed by atoms with Gasteiger partial charge in [0.25, 0.3) is 0 Å². The van der Waals surface area contributed by atoms with E-state index in [1.807, 2.05) is 0 Å². The SMILES string of the molecule is Cc1ccc([C@H](C)NC[C@@H]2CNC(=O)O2)cc1. The first kappa shape index (κ1) is 11.9. The number of rotatable bonds is 4. The molecule has 1 fully saturated rings. The minimum absolute atomic E-state index is 0.0598. The number of carbonyl (C=O) groups excluding carboxylic acids is 1. The van der Waals surface area contributed by atoms with Gasteiger partial charge in [-0.25, -0.2) is 4.79 Å². The molecule has 1 aromatic carbocycles. The molecule has 0 unspecified atom stereocenters. The van der Waals surface area contributed by atoms with E-state index in [4.69, 9.17) is 4.74 Å². The smallest absolute Gasteiger partial charge is 0.407 e. The second kappa shape index (κ2) is 5.19. The molecular formula is C13H18N2O2. The normalized spacial score (nSPS) is 20.8. The second-order valence-corrected chi connectivity index (χ2v) is 4.45. The van der Waals surface area contributed by atoms with Crippen molar-refractivity contribution in [3.8, 4) is 0 Å². The highest BCUT2D eigenvalue weighted by Gasteiger charge is 2.22. The molecule has 2 rings (SSSR count). The van der Waals surface area contributed by atoms with Gasteiger partial charge in [0.15, 0.2) is 0 Å². The summed E-state index contributed by atoms with van der Waals surface area (Å²) in [5, 5.41) is 6.00. The topological polar surface area (TPSA) is 50.4 Å². The highest BCUT2D eigenvalue weighted by Crippen LogP contribution is 2.13. The molecule has 1 amide bonds. The monoisotopic (exact) mass is 234 g/mol. The Bertz CT molecular complexity index is 389. The van der Waals surface area contributed by atoms with Crippen LogP contribution < -0.4 is 10.6 Å². The summed E-state index contributed by atoms with van der Waals surface area (Å²) >= 11 is 0. The van der Waals surface area contributed by atoms with Gasteiger partial charge in [-0.15, -0.1) is 0 Å². The van der Waals surface area contributed by atoms with Crippen LogP contribution in [0, 0.1) is 6.92 Å². The maximum atomic E-state index is 10.8. The van der Waals surface area contributed by atoms with Crippen molar-refractivity contribution in [2.24, 2.45) is 0 Å². The number of hydrogen-bond acceptors (Lipinski definition) is 3. The zero-order valence-electron chi connectivity index (χ0n) is 10.2. The maximum absolute atomic E-state index is 10.8. The summed E-state index contributed by atoms with van der Waals surface area (Å²) in [6, 6.07) is 8.70. The van der Waals surface area contributed by atoms with Gasteiger partial charge in [0.05, 0.1) is 6.54 Å². The van der Waals surface area contributed by atoms with Crippen LogP contribution in [0.3, 0.4) is 0 Å². The molecule has 1 heterocycles. The largest absolute Gasteiger partial charge is 0.443 e. The number of carbonyl (C=O) groups is 1. The predicted molar refractivity (Wildman–Crippen MR) is 65.9 cm³/mol. The van der Waals surface area contributed by atoms with Gasteiger partial charge >= 0.3 is 6.09 Å². The van der Waals surface area contributed by atoms with Gasteiger partial charge < -0.3 is 15.4 Å². The lowest BCUT2D eigenvalue weighted by Crippen LogP contribution is -2.31. The fourth-order valence-corrected chi connectivity index (χ4v) is 1.83. The summed E-state index contributed by atoms with van der Waals surface area (Å²) in [7, 11) is 0. The summed E-state index contributed by atoms with van der Waals surface area (Å²) in [6.07, 6.45) is -0.379. The molecule has 0 aliphatic carbocycles. The van der Waals surface area contributed by atoms with E-state index in [0.29, 0.717) is 13.1 Å². The Balaban J connectivity index is 1.82. The molecule has 92 valence electrons. The Morgan fingerprint density at radius 2 is 2.18 bits per heavy atom. The van der Waals surface area contributed by atoms with Crippen LogP contribution in [0.5, 0.6) is 0 Å². The number of aryl methyl sites for hydroxylation is 1. The maximum Gasteiger partial charge on any atom is 0.407 e. The molecule has 17 heavy (non-hydrogen) atoms. The number of ether oxygens (including phenoxy) is 1. The summed E-state index contributed by atoms with van der Waals surface area (Å²) in [5.41, 5.74) is 2.50. The van der Waals surface area contributed by atoms with E-state index in [1.165, 1.54) is 11.1 Å². The van der Waals surface area contributed by atoms with Crippen molar-refractivity contribution in [3.05, 3.63) is 35.4 Å². The van der Waals surface area contributed by atoms with Crippen LogP contribution in [0.1, 0.15) is 24.1 Å². The average Bonchev–Trinajstić information content (AvgIpc) is 2.73. The lowest BCUT2D eigenvalue weighted by Gasteiger charge is -2.16. The molecule has 1 aromatic rings. The van der Waals surface area contributed by atoms with Crippen LogP contribution >= 0.6 is 0 Å². The summed E-state index contributed by atoms with van der Waals surface area (Å²) in [4.78, 5) is 10.8. The molecule has 4 nitrogen and oxygen atoms in total. The third-order valence-electron chi connectivity index (χ3n) is 2.98. The Hall–Kier alpha value is -1.55. The van der Waals surface area contributed by atoms with Gasteiger partial charge in [-0.2, -0.15) is 0 Å². The second-order valence-electron chi connectivity index (χ2n) is 4.45. The molecular weight excluding hydrogens is 216 g/mol. The number of cyclic esters (lactones) is 1. The molecule has 0 radical (unpaired) electrons. The molecule has 0 spiro atoms. The van der Waals surface area contributed by atoms with Crippen molar-refractivity contribution in [3.63, 3.8) is 0 Å². The third kappa shape index (κ3) is 3.20. The number of nitrogens with one attached hydrogen (secondary N) is 2. The van der Waals surface area contributed by atoms with E-state index in [9.17, 15) is 4.79 Å². The Kier molecular flexibility index (Phi) is 3.64. The van der Waals surface area contributed by atoms with E-state index in [0.717, 1.165) is 0 Å². The number of hydrogen-bond donors (Lipinski definition) is 2. The first-order valence-electron chi connectivity index (χ1n) is 5.89. The van der Waals surface area contributed by atoms with E-state index >= 15 is 0 Å². The zero-order chi connectivity index (χ0) is 12.3. The Morgan fingerprint density at radius 1 is 1.47 bits per heavy atom.